The van der Waals surface area contributed by atoms with Crippen molar-refractivity contribution in [1.29, 1.82) is 0 Å². The molecule has 0 heterocycles. The van der Waals surface area contributed by atoms with E-state index in [2.05, 4.69) is 5.32 Å². The molecule has 0 aliphatic rings. The summed E-state index contributed by atoms with van der Waals surface area (Å²) in [6.07, 6.45) is 0. The van der Waals surface area contributed by atoms with Crippen LogP contribution < -0.4 is 10.1 Å². The number of carbonyl (C=O) groups excluding carboxylic acids is 1. The van der Waals surface area contributed by atoms with Crippen LogP contribution in [0.2, 0.25) is 5.02 Å². The van der Waals surface area contributed by atoms with E-state index in [-0.39, 0.29) is 11.8 Å². The summed E-state index contributed by atoms with van der Waals surface area (Å²) >= 11 is 6.07. The lowest BCUT2D eigenvalue weighted by atomic mass is 10.1. The van der Waals surface area contributed by atoms with Crippen LogP contribution in [0.3, 0.4) is 0 Å². The zero-order chi connectivity index (χ0) is 13.7. The van der Waals surface area contributed by atoms with Crippen molar-refractivity contribution in [3.05, 3.63) is 28.3 Å². The predicted molar refractivity (Wildman–Crippen MR) is 74.3 cm³/mol. The van der Waals surface area contributed by atoms with Crippen molar-refractivity contribution in [2.24, 2.45) is 5.92 Å². The molecule has 0 saturated heterocycles. The first-order valence-corrected chi connectivity index (χ1v) is 6.47. The molecule has 4 heteroatoms. The van der Waals surface area contributed by atoms with Crippen LogP contribution in [0.5, 0.6) is 5.75 Å². The molecule has 0 aliphatic carbocycles. The summed E-state index contributed by atoms with van der Waals surface area (Å²) in [6, 6.07) is 3.80. The van der Waals surface area contributed by atoms with Gasteiger partial charge in [0.05, 0.1) is 6.54 Å². The molecule has 0 bridgehead atoms. The average molecular weight is 270 g/mol. The van der Waals surface area contributed by atoms with Gasteiger partial charge in [0.2, 0.25) is 5.91 Å². The Morgan fingerprint density at radius 1 is 1.33 bits per heavy atom. The molecule has 1 amide bonds. The van der Waals surface area contributed by atoms with Gasteiger partial charge >= 0.3 is 0 Å². The van der Waals surface area contributed by atoms with E-state index in [1.807, 2.05) is 39.8 Å². The van der Waals surface area contributed by atoms with Gasteiger partial charge in [-0.05, 0) is 37.1 Å². The predicted octanol–water partition coefficient (Wildman–Crippen LogP) is 3.11. The van der Waals surface area contributed by atoms with Crippen LogP contribution in [-0.2, 0) is 4.79 Å². The van der Waals surface area contributed by atoms with Gasteiger partial charge in [-0.25, -0.2) is 0 Å². The minimum atomic E-state index is 0.00465. The first-order valence-electron chi connectivity index (χ1n) is 6.09. The number of hydrogen-bond acceptors (Lipinski definition) is 2. The second-order valence-electron chi connectivity index (χ2n) is 4.67. The molecule has 3 nitrogen and oxygen atoms in total. The maximum Gasteiger partial charge on any atom is 0.222 e. The van der Waals surface area contributed by atoms with Gasteiger partial charge in [0.25, 0.3) is 0 Å². The molecule has 100 valence electrons. The van der Waals surface area contributed by atoms with Crippen LogP contribution in [0.4, 0.5) is 0 Å². The van der Waals surface area contributed by atoms with E-state index in [9.17, 15) is 4.79 Å². The van der Waals surface area contributed by atoms with Gasteiger partial charge in [-0.3, -0.25) is 4.79 Å². The Balaban J connectivity index is 2.43. The zero-order valence-electron chi connectivity index (χ0n) is 11.3. The number of halogens is 1. The molecule has 0 unspecified atom stereocenters. The highest BCUT2D eigenvalue weighted by Crippen LogP contribution is 2.25. The lowest BCUT2D eigenvalue weighted by Gasteiger charge is -2.11. The number of carbonyl (C=O) groups is 1. The molecule has 18 heavy (non-hydrogen) atoms. The molecule has 0 atom stereocenters. The van der Waals surface area contributed by atoms with Crippen LogP contribution in [0.1, 0.15) is 25.0 Å². The number of benzene rings is 1. The summed E-state index contributed by atoms with van der Waals surface area (Å²) in [5, 5.41) is 3.58. The molecule has 1 N–H and O–H groups in total. The molecule has 1 aromatic carbocycles. The van der Waals surface area contributed by atoms with Gasteiger partial charge in [0, 0.05) is 10.9 Å². The Labute approximate surface area is 113 Å². The largest absolute Gasteiger partial charge is 0.492 e. The van der Waals surface area contributed by atoms with Gasteiger partial charge in [-0.1, -0.05) is 25.4 Å². The van der Waals surface area contributed by atoms with Gasteiger partial charge in [0.1, 0.15) is 12.4 Å². The van der Waals surface area contributed by atoms with Gasteiger partial charge < -0.3 is 10.1 Å². The molecule has 0 spiro atoms. The number of hydrogen-bond donors (Lipinski definition) is 1. The highest BCUT2D eigenvalue weighted by Gasteiger charge is 2.06. The van der Waals surface area contributed by atoms with Crippen molar-refractivity contribution in [1.82, 2.24) is 5.32 Å². The van der Waals surface area contributed by atoms with Crippen LogP contribution in [0.15, 0.2) is 12.1 Å². The van der Waals surface area contributed by atoms with Crippen LogP contribution >= 0.6 is 11.6 Å². The topological polar surface area (TPSA) is 38.3 Å². The molecule has 0 radical (unpaired) electrons. The molecule has 0 aromatic heterocycles. The Kier molecular flexibility index (Phi) is 5.48. The Morgan fingerprint density at radius 2 is 1.89 bits per heavy atom. The molecule has 1 aromatic rings. The smallest absolute Gasteiger partial charge is 0.222 e. The van der Waals surface area contributed by atoms with E-state index < -0.39 is 0 Å². The molecular weight excluding hydrogens is 250 g/mol. The SMILES string of the molecule is Cc1cc(OCCNC(=O)C(C)C)cc(C)c1Cl. The average Bonchev–Trinajstić information content (AvgIpc) is 2.31. The van der Waals surface area contributed by atoms with Crippen molar-refractivity contribution in [2.75, 3.05) is 13.2 Å². The number of aryl methyl sites for hydroxylation is 2. The van der Waals surface area contributed by atoms with Crippen molar-refractivity contribution in [2.45, 2.75) is 27.7 Å². The number of rotatable bonds is 5. The van der Waals surface area contributed by atoms with Crippen molar-refractivity contribution in [3.8, 4) is 5.75 Å². The third-order valence-electron chi connectivity index (χ3n) is 2.60. The second kappa shape index (κ2) is 6.64. The lowest BCUT2D eigenvalue weighted by molar-refractivity contribution is -0.124. The summed E-state index contributed by atoms with van der Waals surface area (Å²) < 4.78 is 5.58. The van der Waals surface area contributed by atoms with Gasteiger partial charge in [-0.15, -0.1) is 0 Å². The van der Waals surface area contributed by atoms with E-state index in [0.717, 1.165) is 21.9 Å². The fourth-order valence-electron chi connectivity index (χ4n) is 1.54. The molecule has 0 fully saturated rings. The maximum absolute atomic E-state index is 11.3. The van der Waals surface area contributed by atoms with E-state index in [1.54, 1.807) is 0 Å². The van der Waals surface area contributed by atoms with Crippen LogP contribution in [0.25, 0.3) is 0 Å². The van der Waals surface area contributed by atoms with E-state index >= 15 is 0 Å². The molecule has 0 aliphatic heterocycles. The monoisotopic (exact) mass is 269 g/mol. The number of amides is 1. The molecular formula is C14H20ClNO2. The maximum atomic E-state index is 11.3. The summed E-state index contributed by atoms with van der Waals surface area (Å²) in [5.41, 5.74) is 2.00. The fourth-order valence-corrected chi connectivity index (χ4v) is 1.65. The Morgan fingerprint density at radius 3 is 2.39 bits per heavy atom. The van der Waals surface area contributed by atoms with E-state index in [1.165, 1.54) is 0 Å². The highest BCUT2D eigenvalue weighted by atomic mass is 35.5. The third kappa shape index (κ3) is 4.22. The summed E-state index contributed by atoms with van der Waals surface area (Å²) in [6.45, 7) is 8.59. The minimum absolute atomic E-state index is 0.00465. The zero-order valence-corrected chi connectivity index (χ0v) is 12.1. The summed E-state index contributed by atoms with van der Waals surface area (Å²) in [5.74, 6) is 0.834. The quantitative estimate of drug-likeness (QED) is 0.834. The first-order chi connectivity index (χ1) is 8.41. The lowest BCUT2D eigenvalue weighted by Crippen LogP contribution is -2.31. The van der Waals surface area contributed by atoms with E-state index in [4.69, 9.17) is 16.3 Å². The van der Waals surface area contributed by atoms with Crippen molar-refractivity contribution >= 4 is 17.5 Å². The normalized spacial score (nSPS) is 10.6. The van der Waals surface area contributed by atoms with Gasteiger partial charge in [-0.2, -0.15) is 0 Å². The van der Waals surface area contributed by atoms with Gasteiger partial charge in [0.15, 0.2) is 0 Å². The standard InChI is InChI=1S/C14H20ClNO2/c1-9(2)14(17)16-5-6-18-12-7-10(3)13(15)11(4)8-12/h7-9H,5-6H2,1-4H3,(H,16,17). The molecule has 0 saturated carbocycles. The van der Waals surface area contributed by atoms with Crippen LogP contribution in [0, 0.1) is 19.8 Å². The third-order valence-corrected chi connectivity index (χ3v) is 3.20. The fraction of sp³-hybridized carbons (Fsp3) is 0.500. The number of ether oxygens (including phenoxy) is 1. The van der Waals surface area contributed by atoms with Crippen molar-refractivity contribution < 1.29 is 9.53 Å². The number of nitrogens with one attached hydrogen (secondary N) is 1. The van der Waals surface area contributed by atoms with E-state index in [0.29, 0.717) is 13.2 Å². The van der Waals surface area contributed by atoms with Crippen LogP contribution in [-0.4, -0.2) is 19.1 Å². The second-order valence-corrected chi connectivity index (χ2v) is 5.04. The summed E-state index contributed by atoms with van der Waals surface area (Å²) in [7, 11) is 0. The molecule has 1 rings (SSSR count). The Bertz CT molecular complexity index is 407. The Hall–Kier alpha value is -1.22. The summed E-state index contributed by atoms with van der Waals surface area (Å²) in [4.78, 5) is 11.3. The van der Waals surface area contributed by atoms with Crippen molar-refractivity contribution in [3.63, 3.8) is 0 Å². The first kappa shape index (κ1) is 14.8. The highest BCUT2D eigenvalue weighted by molar-refractivity contribution is 6.32. The minimum Gasteiger partial charge on any atom is -0.492 e.